The van der Waals surface area contributed by atoms with Gasteiger partial charge in [-0.25, -0.2) is 4.98 Å². The average Bonchev–Trinajstić information content (AvgIpc) is 2.75. The molecule has 3 aromatic rings. The Morgan fingerprint density at radius 3 is 2.52 bits per heavy atom. The summed E-state index contributed by atoms with van der Waals surface area (Å²) in [7, 11) is 2.06. The molecule has 0 bridgehead atoms. The van der Waals surface area contributed by atoms with Crippen LogP contribution in [0.1, 0.15) is 22.4 Å². The molecule has 0 saturated carbocycles. The Morgan fingerprint density at radius 2 is 1.81 bits per heavy atom. The van der Waals surface area contributed by atoms with Gasteiger partial charge in [0.2, 0.25) is 0 Å². The highest BCUT2D eigenvalue weighted by Gasteiger charge is 2.08. The second kappa shape index (κ2) is 5.24. The van der Waals surface area contributed by atoms with E-state index in [1.54, 1.807) is 0 Å². The number of pyridine rings is 1. The van der Waals surface area contributed by atoms with Gasteiger partial charge in [-0.05, 0) is 49.6 Å². The zero-order valence-corrected chi connectivity index (χ0v) is 13.1. The Hall–Kier alpha value is -2.29. The van der Waals surface area contributed by atoms with Crippen LogP contribution < -0.4 is 5.32 Å². The first-order chi connectivity index (χ1) is 10.1. The summed E-state index contributed by atoms with van der Waals surface area (Å²) >= 11 is 0. The Balaban J connectivity index is 1.94. The van der Waals surface area contributed by atoms with Gasteiger partial charge in [0.25, 0.3) is 0 Å². The number of nitrogens with zero attached hydrogens (tertiary/aromatic N) is 2. The van der Waals surface area contributed by atoms with Crippen molar-refractivity contribution in [1.82, 2.24) is 9.55 Å². The zero-order chi connectivity index (χ0) is 15.0. The summed E-state index contributed by atoms with van der Waals surface area (Å²) in [4.78, 5) is 4.48. The van der Waals surface area contributed by atoms with E-state index in [2.05, 4.69) is 73.0 Å². The molecule has 0 saturated heterocycles. The molecule has 3 rings (SSSR count). The minimum atomic E-state index is 0.839. The van der Waals surface area contributed by atoms with Gasteiger partial charge in [-0.3, -0.25) is 0 Å². The second-order valence-electron chi connectivity index (χ2n) is 5.66. The van der Waals surface area contributed by atoms with Crippen LogP contribution in [-0.2, 0) is 13.6 Å². The molecule has 21 heavy (non-hydrogen) atoms. The lowest BCUT2D eigenvalue weighted by atomic mass is 10.0. The molecular weight excluding hydrogens is 258 g/mol. The lowest BCUT2D eigenvalue weighted by molar-refractivity contribution is 0.902. The summed E-state index contributed by atoms with van der Waals surface area (Å²) in [5.41, 5.74) is 7.42. The third-order valence-corrected chi connectivity index (χ3v) is 4.27. The molecule has 0 aliphatic heterocycles. The highest BCUT2D eigenvalue weighted by Crippen LogP contribution is 2.25. The van der Waals surface area contributed by atoms with Gasteiger partial charge in [-0.1, -0.05) is 18.2 Å². The predicted molar refractivity (Wildman–Crippen MR) is 88.7 cm³/mol. The number of anilines is 1. The van der Waals surface area contributed by atoms with Crippen molar-refractivity contribution in [2.45, 2.75) is 27.3 Å². The monoisotopic (exact) mass is 279 g/mol. The number of hydrogen-bond donors (Lipinski definition) is 1. The van der Waals surface area contributed by atoms with Crippen LogP contribution >= 0.6 is 0 Å². The van der Waals surface area contributed by atoms with Gasteiger partial charge in [0.05, 0.1) is 0 Å². The van der Waals surface area contributed by atoms with E-state index < -0.39 is 0 Å². The Labute approximate surface area is 125 Å². The summed E-state index contributed by atoms with van der Waals surface area (Å²) < 4.78 is 2.12. The fraction of sp³-hybridized carbons (Fsp3) is 0.278. The van der Waals surface area contributed by atoms with Crippen LogP contribution in [0.15, 0.2) is 36.5 Å². The molecule has 0 spiro atoms. The molecule has 0 atom stereocenters. The van der Waals surface area contributed by atoms with Crippen LogP contribution in [0.3, 0.4) is 0 Å². The van der Waals surface area contributed by atoms with Gasteiger partial charge >= 0.3 is 0 Å². The lowest BCUT2D eigenvalue weighted by Gasteiger charge is -2.12. The van der Waals surface area contributed by atoms with Crippen molar-refractivity contribution >= 4 is 16.7 Å². The maximum absolute atomic E-state index is 4.48. The Bertz CT molecular complexity index is 779. The van der Waals surface area contributed by atoms with Crippen LogP contribution in [0.25, 0.3) is 11.0 Å². The van der Waals surface area contributed by atoms with Gasteiger partial charge in [0, 0.05) is 36.6 Å². The van der Waals surface area contributed by atoms with Gasteiger partial charge in [0.15, 0.2) is 0 Å². The second-order valence-corrected chi connectivity index (χ2v) is 5.66. The van der Waals surface area contributed by atoms with Crippen LogP contribution in [0.2, 0.25) is 0 Å². The quantitative estimate of drug-likeness (QED) is 0.782. The summed E-state index contributed by atoms with van der Waals surface area (Å²) in [5.74, 6) is 0. The first-order valence-corrected chi connectivity index (χ1v) is 7.28. The van der Waals surface area contributed by atoms with Crippen molar-refractivity contribution < 1.29 is 0 Å². The Morgan fingerprint density at radius 1 is 1.10 bits per heavy atom. The molecule has 0 amide bonds. The van der Waals surface area contributed by atoms with Crippen molar-refractivity contribution in [2.75, 3.05) is 5.32 Å². The van der Waals surface area contributed by atoms with Crippen molar-refractivity contribution in [1.29, 1.82) is 0 Å². The molecule has 2 heterocycles. The molecule has 1 N–H and O–H groups in total. The van der Waals surface area contributed by atoms with Gasteiger partial charge < -0.3 is 9.88 Å². The van der Waals surface area contributed by atoms with Crippen LogP contribution in [0, 0.1) is 20.8 Å². The molecule has 0 radical (unpaired) electrons. The minimum Gasteiger partial charge on any atom is -0.380 e. The third kappa shape index (κ3) is 2.40. The summed E-state index contributed by atoms with van der Waals surface area (Å²) in [6.45, 7) is 7.28. The maximum Gasteiger partial charge on any atom is 0.141 e. The van der Waals surface area contributed by atoms with Crippen molar-refractivity contribution in [3.8, 4) is 0 Å². The van der Waals surface area contributed by atoms with E-state index in [9.17, 15) is 0 Å². The number of rotatable bonds is 3. The normalized spacial score (nSPS) is 11.0. The van der Waals surface area contributed by atoms with Crippen molar-refractivity contribution in [2.24, 2.45) is 7.05 Å². The lowest BCUT2D eigenvalue weighted by Crippen LogP contribution is -2.04. The third-order valence-electron chi connectivity index (χ3n) is 4.27. The van der Waals surface area contributed by atoms with Crippen LogP contribution in [0.4, 0.5) is 5.69 Å². The number of aryl methyl sites for hydroxylation is 4. The summed E-state index contributed by atoms with van der Waals surface area (Å²) in [6, 6.07) is 10.7. The molecule has 3 nitrogen and oxygen atoms in total. The average molecular weight is 279 g/mol. The van der Waals surface area contributed by atoms with Gasteiger partial charge in [0.1, 0.15) is 5.65 Å². The molecule has 0 aliphatic carbocycles. The molecule has 1 aromatic carbocycles. The Kier molecular flexibility index (Phi) is 3.42. The first-order valence-electron chi connectivity index (χ1n) is 7.28. The standard InChI is InChI=1S/C18H21N3/c1-12-6-5-7-13(2)16(12)11-20-17-8-9-19-18-15(17)10-14(3)21(18)4/h5-10H,11H2,1-4H3,(H,19,20). The van der Waals surface area contributed by atoms with E-state index in [-0.39, 0.29) is 0 Å². The summed E-state index contributed by atoms with van der Waals surface area (Å²) in [6.07, 6.45) is 1.87. The molecule has 2 aromatic heterocycles. The first kappa shape index (κ1) is 13.7. The number of nitrogens with one attached hydrogen (secondary N) is 1. The fourth-order valence-electron chi connectivity index (χ4n) is 2.81. The van der Waals surface area contributed by atoms with Crippen LogP contribution in [-0.4, -0.2) is 9.55 Å². The van der Waals surface area contributed by atoms with E-state index in [1.807, 2.05) is 6.20 Å². The number of fused-ring (bicyclic) bond motifs is 1. The SMILES string of the molecule is Cc1cccc(C)c1CNc1ccnc2c1cc(C)n2C. The topological polar surface area (TPSA) is 29.9 Å². The highest BCUT2D eigenvalue weighted by molar-refractivity contribution is 5.90. The zero-order valence-electron chi connectivity index (χ0n) is 13.1. The van der Waals surface area contributed by atoms with E-state index in [1.165, 1.54) is 27.8 Å². The van der Waals surface area contributed by atoms with Gasteiger partial charge in [-0.2, -0.15) is 0 Å². The summed E-state index contributed by atoms with van der Waals surface area (Å²) in [5, 5.41) is 4.76. The molecule has 0 aliphatic rings. The van der Waals surface area contributed by atoms with E-state index in [4.69, 9.17) is 0 Å². The van der Waals surface area contributed by atoms with Crippen molar-refractivity contribution in [3.63, 3.8) is 0 Å². The van der Waals surface area contributed by atoms with Gasteiger partial charge in [-0.15, -0.1) is 0 Å². The molecule has 108 valence electrons. The maximum atomic E-state index is 4.48. The minimum absolute atomic E-state index is 0.839. The number of benzene rings is 1. The molecule has 0 fully saturated rings. The van der Waals surface area contributed by atoms with E-state index >= 15 is 0 Å². The molecule has 0 unspecified atom stereocenters. The molecular formula is C18H21N3. The number of aromatic nitrogens is 2. The van der Waals surface area contributed by atoms with E-state index in [0.29, 0.717) is 0 Å². The van der Waals surface area contributed by atoms with E-state index in [0.717, 1.165) is 17.9 Å². The predicted octanol–water partition coefficient (Wildman–Crippen LogP) is 4.11. The van der Waals surface area contributed by atoms with Crippen molar-refractivity contribution in [3.05, 3.63) is 58.9 Å². The fourth-order valence-corrected chi connectivity index (χ4v) is 2.81. The number of hydrogen-bond acceptors (Lipinski definition) is 2. The smallest absolute Gasteiger partial charge is 0.141 e. The highest BCUT2D eigenvalue weighted by atomic mass is 15.0. The van der Waals surface area contributed by atoms with Crippen LogP contribution in [0.5, 0.6) is 0 Å². The molecule has 3 heteroatoms. The largest absolute Gasteiger partial charge is 0.380 e.